The highest BCUT2D eigenvalue weighted by atomic mass is 16.5. The first kappa shape index (κ1) is 15.2. The molecule has 2 heterocycles. The van der Waals surface area contributed by atoms with Crippen molar-refractivity contribution in [3.05, 3.63) is 42.0 Å². The zero-order valence-electron chi connectivity index (χ0n) is 14.1. The highest BCUT2D eigenvalue weighted by Crippen LogP contribution is 2.47. The van der Waals surface area contributed by atoms with Crippen LogP contribution in [0.3, 0.4) is 0 Å². The lowest BCUT2D eigenvalue weighted by molar-refractivity contribution is 0.0437. The average molecular weight is 326 g/mol. The summed E-state index contributed by atoms with van der Waals surface area (Å²) in [6.07, 6.45) is 5.15. The predicted octanol–water partition coefficient (Wildman–Crippen LogP) is 3.75. The number of carbonyl (C=O) groups is 1. The van der Waals surface area contributed by atoms with Gasteiger partial charge in [0.25, 0.3) is 0 Å². The number of carbonyl (C=O) groups excluding carboxylic acids is 1. The molecule has 1 aliphatic carbocycles. The minimum Gasteiger partial charge on any atom is -0.485 e. The Morgan fingerprint density at radius 2 is 2.17 bits per heavy atom. The topological polar surface area (TPSA) is 53.3 Å². The summed E-state index contributed by atoms with van der Waals surface area (Å²) < 4.78 is 13.1. The lowest BCUT2D eigenvalue weighted by Gasteiger charge is -2.24. The lowest BCUT2D eigenvalue weighted by Crippen LogP contribution is -2.20. The fourth-order valence-electron chi connectivity index (χ4n) is 3.36. The number of esters is 1. The van der Waals surface area contributed by atoms with Crippen molar-refractivity contribution in [2.24, 2.45) is 11.3 Å². The first-order chi connectivity index (χ1) is 11.6. The number of hydrogen-bond acceptors (Lipinski definition) is 4. The van der Waals surface area contributed by atoms with E-state index in [1.165, 1.54) is 12.8 Å². The standard InChI is InChI=1S/C19H22N2O3/c1-19(2,13-7-8-13)9-10-23-18(22)17-15-11-24-16-6-4-3-5-14(16)21(15)12-20-17/h3-6,12-13H,7-11H2,1-2H3. The molecule has 1 saturated carbocycles. The van der Waals surface area contributed by atoms with E-state index >= 15 is 0 Å². The number of benzene rings is 1. The quantitative estimate of drug-likeness (QED) is 0.785. The number of hydrogen-bond donors (Lipinski definition) is 0. The first-order valence-electron chi connectivity index (χ1n) is 8.52. The highest BCUT2D eigenvalue weighted by Gasteiger charge is 2.37. The van der Waals surface area contributed by atoms with Gasteiger partial charge in [-0.1, -0.05) is 26.0 Å². The molecule has 2 aliphatic rings. The molecule has 2 aromatic rings. The third-order valence-corrected chi connectivity index (χ3v) is 5.21. The summed E-state index contributed by atoms with van der Waals surface area (Å²) in [5.74, 6) is 1.22. The summed E-state index contributed by atoms with van der Waals surface area (Å²) in [7, 11) is 0. The third kappa shape index (κ3) is 2.68. The van der Waals surface area contributed by atoms with E-state index in [1.54, 1.807) is 6.33 Å². The Labute approximate surface area is 141 Å². The normalized spacial score (nSPS) is 16.1. The van der Waals surface area contributed by atoms with Crippen LogP contribution < -0.4 is 4.74 Å². The van der Waals surface area contributed by atoms with Crippen molar-refractivity contribution < 1.29 is 14.3 Å². The minimum atomic E-state index is -0.363. The molecule has 0 amide bonds. The van der Waals surface area contributed by atoms with Crippen molar-refractivity contribution in [2.45, 2.75) is 39.7 Å². The van der Waals surface area contributed by atoms with Gasteiger partial charge in [0.05, 0.1) is 18.0 Å². The molecular formula is C19H22N2O3. The summed E-state index contributed by atoms with van der Waals surface area (Å²) in [5, 5.41) is 0. The van der Waals surface area contributed by atoms with Crippen LogP contribution in [0.15, 0.2) is 30.6 Å². The van der Waals surface area contributed by atoms with Crippen LogP contribution in [0.4, 0.5) is 0 Å². The number of para-hydroxylation sites is 2. The van der Waals surface area contributed by atoms with E-state index in [0.717, 1.165) is 29.5 Å². The van der Waals surface area contributed by atoms with E-state index in [4.69, 9.17) is 9.47 Å². The van der Waals surface area contributed by atoms with E-state index < -0.39 is 0 Å². The summed E-state index contributed by atoms with van der Waals surface area (Å²) >= 11 is 0. The van der Waals surface area contributed by atoms with Crippen molar-refractivity contribution in [3.8, 4) is 11.4 Å². The Hall–Kier alpha value is -2.30. The predicted molar refractivity (Wildman–Crippen MR) is 89.3 cm³/mol. The summed E-state index contributed by atoms with van der Waals surface area (Å²) in [4.78, 5) is 16.7. The van der Waals surface area contributed by atoms with Gasteiger partial charge in [-0.2, -0.15) is 0 Å². The number of fused-ring (bicyclic) bond motifs is 3. The molecule has 0 radical (unpaired) electrons. The monoisotopic (exact) mass is 326 g/mol. The summed E-state index contributed by atoms with van der Waals surface area (Å²) in [6, 6.07) is 7.73. The molecular weight excluding hydrogens is 304 g/mol. The van der Waals surface area contributed by atoms with Gasteiger partial charge in [-0.3, -0.25) is 4.57 Å². The molecule has 0 unspecified atom stereocenters. The van der Waals surface area contributed by atoms with E-state index in [1.807, 2.05) is 28.8 Å². The fourth-order valence-corrected chi connectivity index (χ4v) is 3.36. The molecule has 24 heavy (non-hydrogen) atoms. The van der Waals surface area contributed by atoms with Gasteiger partial charge >= 0.3 is 5.97 Å². The minimum absolute atomic E-state index is 0.246. The van der Waals surface area contributed by atoms with Gasteiger partial charge in [0.2, 0.25) is 0 Å². The Morgan fingerprint density at radius 1 is 1.38 bits per heavy atom. The zero-order chi connectivity index (χ0) is 16.7. The second-order valence-corrected chi connectivity index (χ2v) is 7.32. The Kier molecular flexibility index (Phi) is 3.59. The molecule has 0 N–H and O–H groups in total. The molecule has 1 aliphatic heterocycles. The van der Waals surface area contributed by atoms with E-state index in [2.05, 4.69) is 18.8 Å². The second-order valence-electron chi connectivity index (χ2n) is 7.32. The second kappa shape index (κ2) is 5.65. The zero-order valence-corrected chi connectivity index (χ0v) is 14.1. The van der Waals surface area contributed by atoms with Crippen LogP contribution in [0.5, 0.6) is 5.75 Å². The van der Waals surface area contributed by atoms with Gasteiger partial charge in [0.15, 0.2) is 5.69 Å². The Morgan fingerprint density at radius 3 is 2.96 bits per heavy atom. The van der Waals surface area contributed by atoms with Crippen LogP contribution in [0.1, 0.15) is 49.3 Å². The largest absolute Gasteiger partial charge is 0.485 e. The average Bonchev–Trinajstić information content (AvgIpc) is 3.34. The van der Waals surface area contributed by atoms with Gasteiger partial charge in [-0.25, -0.2) is 9.78 Å². The van der Waals surface area contributed by atoms with Gasteiger partial charge in [0.1, 0.15) is 18.7 Å². The molecule has 0 atom stereocenters. The lowest BCUT2D eigenvalue weighted by atomic mass is 9.84. The van der Waals surface area contributed by atoms with Crippen LogP contribution in [-0.4, -0.2) is 22.1 Å². The SMILES string of the molecule is CC(C)(CCOC(=O)c1ncn2c1COc1ccccc1-2)C1CC1. The molecule has 4 rings (SSSR count). The molecule has 1 fully saturated rings. The van der Waals surface area contributed by atoms with Crippen LogP contribution in [0, 0.1) is 11.3 Å². The smallest absolute Gasteiger partial charge is 0.358 e. The number of aromatic nitrogens is 2. The van der Waals surface area contributed by atoms with Crippen molar-refractivity contribution in [1.82, 2.24) is 9.55 Å². The number of rotatable bonds is 5. The maximum absolute atomic E-state index is 12.4. The Balaban J connectivity index is 1.46. The first-order valence-corrected chi connectivity index (χ1v) is 8.52. The summed E-state index contributed by atoms with van der Waals surface area (Å²) in [5.41, 5.74) is 2.25. The van der Waals surface area contributed by atoms with Crippen molar-refractivity contribution >= 4 is 5.97 Å². The molecule has 1 aromatic carbocycles. The van der Waals surface area contributed by atoms with E-state index in [9.17, 15) is 4.79 Å². The van der Waals surface area contributed by atoms with Crippen molar-refractivity contribution in [1.29, 1.82) is 0 Å². The maximum Gasteiger partial charge on any atom is 0.358 e. The van der Waals surface area contributed by atoms with Crippen LogP contribution in [0.2, 0.25) is 0 Å². The van der Waals surface area contributed by atoms with Crippen molar-refractivity contribution in [2.75, 3.05) is 6.61 Å². The molecule has 0 bridgehead atoms. The van der Waals surface area contributed by atoms with Crippen molar-refractivity contribution in [3.63, 3.8) is 0 Å². The molecule has 0 saturated heterocycles. The third-order valence-electron chi connectivity index (χ3n) is 5.21. The van der Waals surface area contributed by atoms with E-state index in [0.29, 0.717) is 18.9 Å². The number of imidazole rings is 1. The Bertz CT molecular complexity index is 775. The number of nitrogens with zero attached hydrogens (tertiary/aromatic N) is 2. The number of ether oxygens (including phenoxy) is 2. The molecule has 5 heteroatoms. The maximum atomic E-state index is 12.4. The van der Waals surface area contributed by atoms with Crippen LogP contribution in [-0.2, 0) is 11.3 Å². The van der Waals surface area contributed by atoms with Gasteiger partial charge in [-0.15, -0.1) is 0 Å². The summed E-state index contributed by atoms with van der Waals surface area (Å²) in [6.45, 7) is 5.27. The molecule has 5 nitrogen and oxygen atoms in total. The van der Waals surface area contributed by atoms with Gasteiger partial charge < -0.3 is 9.47 Å². The molecule has 1 aromatic heterocycles. The molecule has 126 valence electrons. The molecule has 0 spiro atoms. The van der Waals surface area contributed by atoms with Gasteiger partial charge in [0, 0.05) is 0 Å². The highest BCUT2D eigenvalue weighted by molar-refractivity contribution is 5.89. The van der Waals surface area contributed by atoms with Crippen LogP contribution >= 0.6 is 0 Å². The van der Waals surface area contributed by atoms with Gasteiger partial charge in [-0.05, 0) is 42.7 Å². The fraction of sp³-hybridized carbons (Fsp3) is 0.474. The van der Waals surface area contributed by atoms with E-state index in [-0.39, 0.29) is 11.4 Å². The van der Waals surface area contributed by atoms with Crippen LogP contribution in [0.25, 0.3) is 5.69 Å².